The first-order valence-corrected chi connectivity index (χ1v) is 11.0. The number of anilines is 2. The van der Waals surface area contributed by atoms with E-state index in [1.807, 2.05) is 0 Å². The number of nitrogens with zero attached hydrogens (tertiary/aromatic N) is 1. The molecule has 36 heavy (non-hydrogen) atoms. The van der Waals surface area contributed by atoms with Crippen molar-refractivity contribution in [1.82, 2.24) is 10.5 Å². The van der Waals surface area contributed by atoms with Crippen molar-refractivity contribution in [2.75, 3.05) is 32.0 Å². The summed E-state index contributed by atoms with van der Waals surface area (Å²) < 4.78 is 20.3. The predicted octanol–water partition coefficient (Wildman–Crippen LogP) is 3.93. The van der Waals surface area contributed by atoms with Crippen LogP contribution < -0.4 is 25.4 Å². The maximum absolute atomic E-state index is 12.5. The molecule has 0 saturated heterocycles. The van der Waals surface area contributed by atoms with Gasteiger partial charge >= 0.3 is 12.0 Å². The summed E-state index contributed by atoms with van der Waals surface area (Å²) in [6.45, 7) is 3.58. The van der Waals surface area contributed by atoms with Crippen molar-refractivity contribution in [3.63, 3.8) is 0 Å². The van der Waals surface area contributed by atoms with E-state index < -0.39 is 23.9 Å². The smallest absolute Gasteiger partial charge is 0.328 e. The summed E-state index contributed by atoms with van der Waals surface area (Å²) in [6.07, 6.45) is 0. The molecule has 2 aromatic carbocycles. The Hall–Kier alpha value is -4.54. The van der Waals surface area contributed by atoms with E-state index in [9.17, 15) is 14.4 Å². The highest BCUT2D eigenvalue weighted by atomic mass is 16.5. The fraction of sp³-hybridized carbons (Fsp3) is 0.280. The van der Waals surface area contributed by atoms with Gasteiger partial charge in [0.15, 0.2) is 0 Å². The van der Waals surface area contributed by atoms with Crippen molar-refractivity contribution in [1.29, 1.82) is 0 Å². The van der Waals surface area contributed by atoms with Crippen molar-refractivity contribution in [3.05, 3.63) is 54.3 Å². The van der Waals surface area contributed by atoms with Gasteiger partial charge in [-0.05, 0) is 30.2 Å². The number of methoxy groups -OCH3 is 3. The number of rotatable bonds is 9. The Morgan fingerprint density at radius 2 is 1.64 bits per heavy atom. The second kappa shape index (κ2) is 11.7. The van der Waals surface area contributed by atoms with Gasteiger partial charge in [-0.2, -0.15) is 0 Å². The minimum absolute atomic E-state index is 0.0467. The van der Waals surface area contributed by atoms with E-state index >= 15 is 0 Å². The third-order valence-corrected chi connectivity index (χ3v) is 5.24. The summed E-state index contributed by atoms with van der Waals surface area (Å²) >= 11 is 0. The topological polar surface area (TPSA) is 141 Å². The van der Waals surface area contributed by atoms with E-state index in [4.69, 9.17) is 18.7 Å². The highest BCUT2D eigenvalue weighted by Gasteiger charge is 2.27. The van der Waals surface area contributed by atoms with E-state index in [0.717, 1.165) is 0 Å². The van der Waals surface area contributed by atoms with Gasteiger partial charge in [0, 0.05) is 23.4 Å². The van der Waals surface area contributed by atoms with Crippen molar-refractivity contribution < 1.29 is 33.1 Å². The molecule has 3 rings (SSSR count). The molecule has 0 bridgehead atoms. The normalized spacial score (nSPS) is 11.4. The summed E-state index contributed by atoms with van der Waals surface area (Å²) in [5.41, 5.74) is 2.09. The van der Waals surface area contributed by atoms with Crippen LogP contribution in [-0.2, 0) is 9.53 Å². The molecule has 3 aromatic rings. The van der Waals surface area contributed by atoms with Crippen LogP contribution in [0.25, 0.3) is 11.3 Å². The Labute approximate surface area is 208 Å². The first kappa shape index (κ1) is 26.1. The molecule has 0 fully saturated rings. The monoisotopic (exact) mass is 496 g/mol. The first-order chi connectivity index (χ1) is 17.2. The second-order valence-electron chi connectivity index (χ2n) is 8.02. The third kappa shape index (κ3) is 6.32. The van der Waals surface area contributed by atoms with Crippen LogP contribution in [-0.4, -0.2) is 50.4 Å². The number of ether oxygens (including phenoxy) is 3. The zero-order valence-corrected chi connectivity index (χ0v) is 20.6. The van der Waals surface area contributed by atoms with Crippen LogP contribution in [0.2, 0.25) is 0 Å². The largest absolute Gasteiger partial charge is 0.497 e. The molecule has 0 aliphatic heterocycles. The molecule has 1 atom stereocenters. The summed E-state index contributed by atoms with van der Waals surface area (Å²) in [4.78, 5) is 36.8. The fourth-order valence-electron chi connectivity index (χ4n) is 3.27. The number of hydrogen-bond acceptors (Lipinski definition) is 8. The molecule has 0 spiro atoms. The second-order valence-corrected chi connectivity index (χ2v) is 8.02. The van der Waals surface area contributed by atoms with E-state index in [1.54, 1.807) is 63.4 Å². The summed E-state index contributed by atoms with van der Waals surface area (Å²) in [7, 11) is 4.30. The van der Waals surface area contributed by atoms with Gasteiger partial charge in [-0.3, -0.25) is 4.79 Å². The molecule has 11 heteroatoms. The molecular weight excluding hydrogens is 468 g/mol. The van der Waals surface area contributed by atoms with E-state index in [0.29, 0.717) is 34.1 Å². The van der Waals surface area contributed by atoms with Crippen LogP contribution in [0, 0.1) is 5.92 Å². The average molecular weight is 497 g/mol. The molecule has 190 valence electrons. The number of benzene rings is 2. The van der Waals surface area contributed by atoms with Crippen LogP contribution in [0.4, 0.5) is 16.2 Å². The number of aromatic nitrogens is 1. The van der Waals surface area contributed by atoms with Gasteiger partial charge in [0.05, 0.1) is 27.0 Å². The van der Waals surface area contributed by atoms with Crippen LogP contribution in [0.1, 0.15) is 24.4 Å². The summed E-state index contributed by atoms with van der Waals surface area (Å²) in [5.74, 6) is -0.291. The molecule has 1 heterocycles. The van der Waals surface area contributed by atoms with Crippen molar-refractivity contribution in [2.45, 2.75) is 19.9 Å². The minimum atomic E-state index is -0.814. The van der Waals surface area contributed by atoms with Crippen molar-refractivity contribution >= 4 is 29.3 Å². The van der Waals surface area contributed by atoms with Crippen LogP contribution in [0.15, 0.2) is 53.1 Å². The van der Waals surface area contributed by atoms with Gasteiger partial charge in [-0.15, -0.1) is 0 Å². The van der Waals surface area contributed by atoms with Crippen LogP contribution in [0.3, 0.4) is 0 Å². The highest BCUT2D eigenvalue weighted by molar-refractivity contribution is 6.01. The molecule has 3 N–H and O–H groups in total. The van der Waals surface area contributed by atoms with Gasteiger partial charge in [-0.1, -0.05) is 31.1 Å². The van der Waals surface area contributed by atoms with Crippen LogP contribution in [0.5, 0.6) is 11.5 Å². The lowest BCUT2D eigenvalue weighted by atomic mass is 10.0. The lowest BCUT2D eigenvalue weighted by molar-refractivity contribution is -0.144. The first-order valence-electron chi connectivity index (χ1n) is 11.0. The van der Waals surface area contributed by atoms with E-state index in [-0.39, 0.29) is 11.7 Å². The van der Waals surface area contributed by atoms with Crippen molar-refractivity contribution in [2.24, 2.45) is 5.92 Å². The van der Waals surface area contributed by atoms with E-state index in [1.165, 1.54) is 20.3 Å². The lowest BCUT2D eigenvalue weighted by Crippen LogP contribution is -2.44. The number of urea groups is 1. The number of carbonyl (C=O) groups is 3. The molecule has 1 aromatic heterocycles. The number of carbonyl (C=O) groups excluding carboxylic acids is 3. The third-order valence-electron chi connectivity index (χ3n) is 5.24. The number of amides is 3. The molecule has 0 aliphatic rings. The Morgan fingerprint density at radius 1 is 0.917 bits per heavy atom. The quantitative estimate of drug-likeness (QED) is 0.379. The highest BCUT2D eigenvalue weighted by Crippen LogP contribution is 2.29. The number of nitrogens with one attached hydrogen (secondary N) is 3. The molecule has 0 saturated carbocycles. The molecular formula is C25H28N4O7. The lowest BCUT2D eigenvalue weighted by Gasteiger charge is -2.18. The van der Waals surface area contributed by atoms with Gasteiger partial charge in [0.1, 0.15) is 23.2 Å². The van der Waals surface area contributed by atoms with Gasteiger partial charge in [0.2, 0.25) is 5.76 Å². The maximum Gasteiger partial charge on any atom is 0.328 e. The summed E-state index contributed by atoms with van der Waals surface area (Å²) in [6, 6.07) is 12.0. The van der Waals surface area contributed by atoms with Crippen molar-refractivity contribution in [3.8, 4) is 22.8 Å². The predicted molar refractivity (Wildman–Crippen MR) is 132 cm³/mol. The standard InChI is InChI=1S/C25H28N4O7/c1-14(2)22(24(31)35-5)28-23(30)21-13-19(29-36-21)15-6-8-16(9-7-15)26-25(32)27-18-11-10-17(33-3)12-20(18)34-4/h6-14,22H,1-5H3,(H,28,30)(H2,26,27,32)/t22-/m0/s1. The summed E-state index contributed by atoms with van der Waals surface area (Å²) in [5, 5.41) is 12.0. The average Bonchev–Trinajstić information content (AvgIpc) is 3.37. The Morgan fingerprint density at radius 3 is 2.25 bits per heavy atom. The minimum Gasteiger partial charge on any atom is -0.497 e. The molecule has 0 aliphatic carbocycles. The number of esters is 1. The van der Waals surface area contributed by atoms with Gasteiger partial charge in [-0.25, -0.2) is 9.59 Å². The number of hydrogen-bond donors (Lipinski definition) is 3. The molecule has 0 radical (unpaired) electrons. The Bertz CT molecular complexity index is 1220. The Balaban J connectivity index is 1.63. The van der Waals surface area contributed by atoms with E-state index in [2.05, 4.69) is 21.1 Å². The van der Waals surface area contributed by atoms with Gasteiger partial charge < -0.3 is 34.7 Å². The Kier molecular flexibility index (Phi) is 8.50. The van der Waals surface area contributed by atoms with Crippen LogP contribution >= 0.6 is 0 Å². The maximum atomic E-state index is 12.5. The zero-order chi connectivity index (χ0) is 26.2. The molecule has 3 amide bonds. The molecule has 11 nitrogen and oxygen atoms in total. The zero-order valence-electron chi connectivity index (χ0n) is 20.6. The fourth-order valence-corrected chi connectivity index (χ4v) is 3.27. The van der Waals surface area contributed by atoms with Gasteiger partial charge in [0.25, 0.3) is 5.91 Å². The SMILES string of the molecule is COC(=O)[C@@H](NC(=O)c1cc(-c2ccc(NC(=O)Nc3ccc(OC)cc3OC)cc2)no1)C(C)C. The molecule has 0 unspecified atom stereocenters.